The van der Waals surface area contributed by atoms with E-state index in [0.717, 1.165) is 28.4 Å². The highest BCUT2D eigenvalue weighted by molar-refractivity contribution is 5.64. The van der Waals surface area contributed by atoms with Gasteiger partial charge in [0.05, 0.1) is 30.4 Å². The highest BCUT2D eigenvalue weighted by atomic mass is 16.5. The first-order chi connectivity index (χ1) is 12.8. The maximum absolute atomic E-state index is 5.57. The van der Waals surface area contributed by atoms with Crippen molar-refractivity contribution in [2.45, 2.75) is 18.8 Å². The molecule has 1 aromatic carbocycles. The zero-order valence-electron chi connectivity index (χ0n) is 14.8. The number of nitrogens with two attached hydrogens (primary N) is 1. The molecule has 1 aliphatic carbocycles. The lowest BCUT2D eigenvalue weighted by atomic mass is 10.1. The second-order valence-corrected chi connectivity index (χ2v) is 6.36. The van der Waals surface area contributed by atoms with Crippen LogP contribution in [0.4, 0.5) is 0 Å². The van der Waals surface area contributed by atoms with E-state index in [9.17, 15) is 0 Å². The molecule has 134 valence electrons. The fraction of sp³-hybridized carbons (Fsp3) is 0.300. The van der Waals surface area contributed by atoms with Crippen LogP contribution >= 0.6 is 0 Å². The van der Waals surface area contributed by atoms with Gasteiger partial charge in [0.25, 0.3) is 0 Å². The van der Waals surface area contributed by atoms with Crippen LogP contribution in [-0.2, 0) is 0 Å². The Hall–Kier alpha value is -2.86. The van der Waals surface area contributed by atoms with Gasteiger partial charge in [-0.05, 0) is 49.2 Å². The average molecular weight is 350 g/mol. The van der Waals surface area contributed by atoms with E-state index in [1.165, 1.54) is 12.8 Å². The Bertz CT molecular complexity index is 868. The van der Waals surface area contributed by atoms with Crippen LogP contribution < -0.4 is 15.2 Å². The summed E-state index contributed by atoms with van der Waals surface area (Å²) in [6, 6.07) is 14.0. The lowest BCUT2D eigenvalue weighted by Gasteiger charge is -2.09. The molecular formula is C20H22N4O2. The van der Waals surface area contributed by atoms with E-state index in [1.807, 2.05) is 41.1 Å². The van der Waals surface area contributed by atoms with Gasteiger partial charge in [-0.3, -0.25) is 0 Å². The smallest absolute Gasteiger partial charge is 0.213 e. The third kappa shape index (κ3) is 3.41. The lowest BCUT2D eigenvalue weighted by molar-refractivity contribution is 0.328. The third-order valence-corrected chi connectivity index (χ3v) is 4.43. The SMILES string of the molecule is COc1ccc(-n2nc(C3CC3)cc2-c2ccc(OCCN)cc2)cn1. The highest BCUT2D eigenvalue weighted by Crippen LogP contribution is 2.41. The van der Waals surface area contributed by atoms with Crippen LogP contribution in [-0.4, -0.2) is 35.0 Å². The predicted molar refractivity (Wildman–Crippen MR) is 99.9 cm³/mol. The molecule has 0 amide bonds. The second-order valence-electron chi connectivity index (χ2n) is 6.36. The van der Waals surface area contributed by atoms with Gasteiger partial charge in [-0.2, -0.15) is 5.10 Å². The standard InChI is InChI=1S/C20H22N4O2/c1-25-20-9-6-16(13-22-20)24-19(12-18(23-24)14-2-3-14)15-4-7-17(8-5-15)26-11-10-21/h4-9,12-14H,2-3,10-11,21H2,1H3. The minimum Gasteiger partial charge on any atom is -0.492 e. The molecule has 0 saturated heterocycles. The number of aromatic nitrogens is 3. The zero-order valence-corrected chi connectivity index (χ0v) is 14.8. The first kappa shape index (κ1) is 16.6. The minimum absolute atomic E-state index is 0.504. The van der Waals surface area contributed by atoms with Crippen molar-refractivity contribution in [2.24, 2.45) is 5.73 Å². The Morgan fingerprint density at radius 2 is 1.96 bits per heavy atom. The number of hydrogen-bond acceptors (Lipinski definition) is 5. The zero-order chi connectivity index (χ0) is 17.9. The van der Waals surface area contributed by atoms with Gasteiger partial charge < -0.3 is 15.2 Å². The number of hydrogen-bond donors (Lipinski definition) is 1. The Kier molecular flexibility index (Phi) is 4.58. The van der Waals surface area contributed by atoms with Gasteiger partial charge in [-0.15, -0.1) is 0 Å². The monoisotopic (exact) mass is 350 g/mol. The Balaban J connectivity index is 1.69. The molecule has 2 N–H and O–H groups in total. The molecule has 2 heterocycles. The molecule has 6 nitrogen and oxygen atoms in total. The fourth-order valence-corrected chi connectivity index (χ4v) is 2.90. The van der Waals surface area contributed by atoms with Crippen molar-refractivity contribution < 1.29 is 9.47 Å². The molecule has 0 aliphatic heterocycles. The molecule has 4 rings (SSSR count). The van der Waals surface area contributed by atoms with Gasteiger partial charge in [0.15, 0.2) is 0 Å². The van der Waals surface area contributed by atoms with Crippen LogP contribution in [0.2, 0.25) is 0 Å². The maximum atomic E-state index is 5.57. The summed E-state index contributed by atoms with van der Waals surface area (Å²) in [4.78, 5) is 4.31. The summed E-state index contributed by atoms with van der Waals surface area (Å²) in [7, 11) is 1.61. The number of nitrogens with zero attached hydrogens (tertiary/aromatic N) is 3. The minimum atomic E-state index is 0.504. The summed E-state index contributed by atoms with van der Waals surface area (Å²) in [6.45, 7) is 1.02. The first-order valence-corrected chi connectivity index (χ1v) is 8.82. The Morgan fingerprint density at radius 1 is 1.15 bits per heavy atom. The van der Waals surface area contributed by atoms with Crippen molar-refractivity contribution in [3.8, 4) is 28.6 Å². The van der Waals surface area contributed by atoms with E-state index in [4.69, 9.17) is 20.3 Å². The first-order valence-electron chi connectivity index (χ1n) is 8.82. The quantitative estimate of drug-likeness (QED) is 0.708. The van der Waals surface area contributed by atoms with Crippen LogP contribution in [0.5, 0.6) is 11.6 Å². The maximum Gasteiger partial charge on any atom is 0.213 e. The van der Waals surface area contributed by atoms with Gasteiger partial charge in [-0.1, -0.05) is 0 Å². The molecular weight excluding hydrogens is 328 g/mol. The summed E-state index contributed by atoms with van der Waals surface area (Å²) in [5.74, 6) is 1.98. The molecule has 0 atom stereocenters. The molecule has 0 radical (unpaired) electrons. The fourth-order valence-electron chi connectivity index (χ4n) is 2.90. The molecule has 1 saturated carbocycles. The van der Waals surface area contributed by atoms with Crippen molar-refractivity contribution in [3.05, 3.63) is 54.4 Å². The predicted octanol–water partition coefficient (Wildman–Crippen LogP) is 3.16. The molecule has 1 aliphatic rings. The van der Waals surface area contributed by atoms with Gasteiger partial charge in [0.2, 0.25) is 5.88 Å². The summed E-state index contributed by atoms with van der Waals surface area (Å²) in [6.07, 6.45) is 4.21. The van der Waals surface area contributed by atoms with Crippen LogP contribution in [0.15, 0.2) is 48.7 Å². The lowest BCUT2D eigenvalue weighted by Crippen LogP contribution is -2.10. The van der Waals surface area contributed by atoms with E-state index >= 15 is 0 Å². The second kappa shape index (κ2) is 7.17. The van der Waals surface area contributed by atoms with Gasteiger partial charge >= 0.3 is 0 Å². The summed E-state index contributed by atoms with van der Waals surface area (Å²) in [5.41, 5.74) is 9.67. The molecule has 3 aromatic rings. The number of pyridine rings is 1. The number of methoxy groups -OCH3 is 1. The molecule has 0 unspecified atom stereocenters. The number of ether oxygens (including phenoxy) is 2. The molecule has 0 spiro atoms. The third-order valence-electron chi connectivity index (χ3n) is 4.43. The van der Waals surface area contributed by atoms with E-state index in [0.29, 0.717) is 24.9 Å². The Labute approximate surface area is 152 Å². The van der Waals surface area contributed by atoms with Gasteiger partial charge in [-0.25, -0.2) is 9.67 Å². The number of benzene rings is 1. The molecule has 26 heavy (non-hydrogen) atoms. The van der Waals surface area contributed by atoms with Crippen molar-refractivity contribution >= 4 is 0 Å². The summed E-state index contributed by atoms with van der Waals surface area (Å²) in [5, 5.41) is 4.83. The molecule has 6 heteroatoms. The van der Waals surface area contributed by atoms with Gasteiger partial charge in [0.1, 0.15) is 12.4 Å². The van der Waals surface area contributed by atoms with Crippen molar-refractivity contribution in [2.75, 3.05) is 20.3 Å². The Morgan fingerprint density at radius 3 is 2.58 bits per heavy atom. The van der Waals surface area contributed by atoms with Crippen molar-refractivity contribution in [1.82, 2.24) is 14.8 Å². The van der Waals surface area contributed by atoms with Crippen molar-refractivity contribution in [1.29, 1.82) is 0 Å². The van der Waals surface area contributed by atoms with E-state index < -0.39 is 0 Å². The van der Waals surface area contributed by atoms with E-state index in [2.05, 4.69) is 11.1 Å². The van der Waals surface area contributed by atoms with Crippen LogP contribution in [0.3, 0.4) is 0 Å². The molecule has 1 fully saturated rings. The highest BCUT2D eigenvalue weighted by Gasteiger charge is 2.28. The number of rotatable bonds is 7. The van der Waals surface area contributed by atoms with E-state index in [1.54, 1.807) is 13.3 Å². The van der Waals surface area contributed by atoms with Crippen LogP contribution in [0.1, 0.15) is 24.5 Å². The molecule has 2 aromatic heterocycles. The van der Waals surface area contributed by atoms with Crippen LogP contribution in [0, 0.1) is 0 Å². The summed E-state index contributed by atoms with van der Waals surface area (Å²) < 4.78 is 12.7. The average Bonchev–Trinajstić information content (AvgIpc) is 3.45. The topological polar surface area (TPSA) is 75.2 Å². The normalized spacial score (nSPS) is 13.6. The van der Waals surface area contributed by atoms with Gasteiger partial charge in [0, 0.05) is 24.1 Å². The van der Waals surface area contributed by atoms with Crippen LogP contribution in [0.25, 0.3) is 16.9 Å². The van der Waals surface area contributed by atoms with Crippen molar-refractivity contribution in [3.63, 3.8) is 0 Å². The largest absolute Gasteiger partial charge is 0.492 e. The van der Waals surface area contributed by atoms with E-state index in [-0.39, 0.29) is 0 Å². The molecule has 0 bridgehead atoms. The summed E-state index contributed by atoms with van der Waals surface area (Å²) >= 11 is 0.